The van der Waals surface area contributed by atoms with E-state index in [1.165, 1.54) is 19.1 Å². The first-order valence-electron chi connectivity index (χ1n) is 11.1. The van der Waals surface area contributed by atoms with Gasteiger partial charge in [-0.3, -0.25) is 10.1 Å². The van der Waals surface area contributed by atoms with E-state index in [0.717, 1.165) is 0 Å². The number of nitrogens with one attached hydrogen (secondary N) is 2. The van der Waals surface area contributed by atoms with E-state index in [-0.39, 0.29) is 30.4 Å². The van der Waals surface area contributed by atoms with Crippen molar-refractivity contribution in [1.29, 1.82) is 0 Å². The van der Waals surface area contributed by atoms with Gasteiger partial charge in [0.15, 0.2) is 11.9 Å². The maximum Gasteiger partial charge on any atom is 0.412 e. The Balaban J connectivity index is 1.19. The Hall–Kier alpha value is -3.89. The average Bonchev–Trinajstić information content (AvgIpc) is 3.43. The Morgan fingerprint density at radius 2 is 1.89 bits per heavy atom. The van der Waals surface area contributed by atoms with Gasteiger partial charge in [0, 0.05) is 23.0 Å². The van der Waals surface area contributed by atoms with Gasteiger partial charge in [-0.05, 0) is 37.3 Å². The number of rotatable bonds is 6. The van der Waals surface area contributed by atoms with E-state index in [1.807, 2.05) is 0 Å². The minimum absolute atomic E-state index is 0.0996. The largest absolute Gasteiger partial charge is 0.441 e. The van der Waals surface area contributed by atoms with Crippen molar-refractivity contribution < 1.29 is 28.2 Å². The molecular formula is C25H23FN4O5. The highest BCUT2D eigenvalue weighted by Gasteiger charge is 2.49. The molecule has 180 valence electrons. The molecule has 9 nitrogen and oxygen atoms in total. The predicted octanol–water partition coefficient (Wildman–Crippen LogP) is 3.68. The molecule has 1 amide bonds. The summed E-state index contributed by atoms with van der Waals surface area (Å²) in [4.78, 5) is 32.7. The van der Waals surface area contributed by atoms with Crippen molar-refractivity contribution in [1.82, 2.24) is 9.97 Å². The smallest absolute Gasteiger partial charge is 0.412 e. The number of carbonyl (C=O) groups is 2. The maximum absolute atomic E-state index is 13.6. The standard InChI is InChI=1S/C25H23FN4O5/c1-14(31)15-4-3-7-18(11-15)28-25(32)35-21-13-34-22-20(12-33-23(21)22)30-24-27-9-8-19(29-24)16-5-2-6-17(26)10-16/h2-11,20-23H,12-13H2,1H3,(H,28,32)(H,27,29,30). The number of ether oxygens (including phenoxy) is 3. The molecule has 2 aliphatic rings. The summed E-state index contributed by atoms with van der Waals surface area (Å²) in [5.74, 6) is -0.0851. The zero-order valence-corrected chi connectivity index (χ0v) is 18.8. The van der Waals surface area contributed by atoms with Crippen molar-refractivity contribution in [2.75, 3.05) is 23.8 Å². The third kappa shape index (κ3) is 5.13. The van der Waals surface area contributed by atoms with Crippen molar-refractivity contribution in [3.63, 3.8) is 0 Å². The van der Waals surface area contributed by atoms with Crippen LogP contribution in [-0.4, -0.2) is 59.4 Å². The Kier molecular flexibility index (Phi) is 6.39. The summed E-state index contributed by atoms with van der Waals surface area (Å²) in [5, 5.41) is 5.85. The van der Waals surface area contributed by atoms with Crippen LogP contribution in [0.15, 0.2) is 60.8 Å². The number of hydrogen-bond acceptors (Lipinski definition) is 8. The van der Waals surface area contributed by atoms with Gasteiger partial charge in [-0.15, -0.1) is 0 Å². The van der Waals surface area contributed by atoms with Gasteiger partial charge in [0.25, 0.3) is 0 Å². The van der Waals surface area contributed by atoms with E-state index < -0.39 is 18.3 Å². The fraction of sp³-hybridized carbons (Fsp3) is 0.280. The van der Waals surface area contributed by atoms with Gasteiger partial charge in [-0.2, -0.15) is 0 Å². The molecule has 10 heteroatoms. The van der Waals surface area contributed by atoms with Gasteiger partial charge in [0.2, 0.25) is 5.95 Å². The Morgan fingerprint density at radius 3 is 2.71 bits per heavy atom. The number of aromatic nitrogens is 2. The summed E-state index contributed by atoms with van der Waals surface area (Å²) in [7, 11) is 0. The fourth-order valence-electron chi connectivity index (χ4n) is 4.19. The van der Waals surface area contributed by atoms with Crippen LogP contribution in [-0.2, 0) is 14.2 Å². The molecule has 2 saturated heterocycles. The van der Waals surface area contributed by atoms with Crippen LogP contribution in [0.5, 0.6) is 0 Å². The van der Waals surface area contributed by atoms with Crippen LogP contribution in [0.25, 0.3) is 11.3 Å². The topological polar surface area (TPSA) is 112 Å². The molecule has 0 radical (unpaired) electrons. The van der Waals surface area contributed by atoms with E-state index in [0.29, 0.717) is 35.1 Å². The summed E-state index contributed by atoms with van der Waals surface area (Å²) in [6.07, 6.45) is -0.479. The van der Waals surface area contributed by atoms with Crippen molar-refractivity contribution in [2.45, 2.75) is 31.3 Å². The van der Waals surface area contributed by atoms with Gasteiger partial charge >= 0.3 is 6.09 Å². The Bertz CT molecular complexity index is 1260. The molecule has 2 aromatic carbocycles. The number of carbonyl (C=O) groups excluding carboxylic acids is 2. The third-order valence-corrected chi connectivity index (χ3v) is 5.87. The molecule has 4 unspecified atom stereocenters. The van der Waals surface area contributed by atoms with Crippen LogP contribution < -0.4 is 10.6 Å². The Labute approximate surface area is 200 Å². The van der Waals surface area contributed by atoms with Gasteiger partial charge in [0.05, 0.1) is 24.9 Å². The summed E-state index contributed by atoms with van der Waals surface area (Å²) < 4.78 is 30.8. The lowest BCUT2D eigenvalue weighted by molar-refractivity contribution is 0.00916. The van der Waals surface area contributed by atoms with Crippen molar-refractivity contribution in [3.05, 3.63) is 72.2 Å². The molecule has 2 fully saturated rings. The van der Waals surface area contributed by atoms with Crippen LogP contribution in [0, 0.1) is 5.82 Å². The highest BCUT2D eigenvalue weighted by atomic mass is 19.1. The first kappa shape index (κ1) is 22.9. The molecule has 1 aromatic heterocycles. The number of nitrogens with zero attached hydrogens (tertiary/aromatic N) is 2. The van der Waals surface area contributed by atoms with Crippen molar-refractivity contribution in [3.8, 4) is 11.3 Å². The van der Waals surface area contributed by atoms with E-state index in [9.17, 15) is 14.0 Å². The summed E-state index contributed by atoms with van der Waals surface area (Å²) in [5.41, 5.74) is 2.17. The maximum atomic E-state index is 13.6. The molecule has 35 heavy (non-hydrogen) atoms. The number of fused-ring (bicyclic) bond motifs is 1. The number of halogens is 1. The van der Waals surface area contributed by atoms with E-state index in [1.54, 1.807) is 48.7 Å². The molecule has 3 aromatic rings. The molecule has 0 aliphatic carbocycles. The first-order valence-corrected chi connectivity index (χ1v) is 11.1. The quantitative estimate of drug-likeness (QED) is 0.516. The molecule has 2 aliphatic heterocycles. The van der Waals surface area contributed by atoms with Gasteiger partial charge in [-0.1, -0.05) is 24.3 Å². The lowest BCUT2D eigenvalue weighted by Crippen LogP contribution is -2.38. The second kappa shape index (κ2) is 9.77. The van der Waals surface area contributed by atoms with Gasteiger partial charge in [-0.25, -0.2) is 19.2 Å². The van der Waals surface area contributed by atoms with Gasteiger partial charge < -0.3 is 19.5 Å². The highest BCUT2D eigenvalue weighted by Crippen LogP contribution is 2.31. The van der Waals surface area contributed by atoms with Crippen LogP contribution in [0.2, 0.25) is 0 Å². The number of ketones is 1. The van der Waals surface area contributed by atoms with Crippen molar-refractivity contribution in [2.24, 2.45) is 0 Å². The first-order chi connectivity index (χ1) is 17.0. The van der Waals surface area contributed by atoms with E-state index >= 15 is 0 Å². The second-order valence-corrected chi connectivity index (χ2v) is 8.33. The van der Waals surface area contributed by atoms with Gasteiger partial charge in [0.1, 0.15) is 18.0 Å². The lowest BCUT2D eigenvalue weighted by Gasteiger charge is -2.18. The number of amides is 1. The summed E-state index contributed by atoms with van der Waals surface area (Å²) in [6, 6.07) is 14.2. The van der Waals surface area contributed by atoms with Crippen LogP contribution in [0.4, 0.5) is 20.8 Å². The SMILES string of the molecule is CC(=O)c1cccc(NC(=O)OC2COC3C(Nc4nccc(-c5cccc(F)c5)n4)COC23)c1. The zero-order chi connectivity index (χ0) is 24.4. The third-order valence-electron chi connectivity index (χ3n) is 5.87. The predicted molar refractivity (Wildman–Crippen MR) is 125 cm³/mol. The van der Waals surface area contributed by atoms with Crippen LogP contribution in [0.1, 0.15) is 17.3 Å². The number of hydrogen-bond donors (Lipinski definition) is 2. The van der Waals surface area contributed by atoms with E-state index in [4.69, 9.17) is 14.2 Å². The average molecular weight is 478 g/mol. The minimum Gasteiger partial charge on any atom is -0.441 e. The number of anilines is 2. The van der Waals surface area contributed by atoms with E-state index in [2.05, 4.69) is 20.6 Å². The highest BCUT2D eigenvalue weighted by molar-refractivity contribution is 5.96. The fourth-order valence-corrected chi connectivity index (χ4v) is 4.19. The van der Waals surface area contributed by atoms with Crippen molar-refractivity contribution >= 4 is 23.5 Å². The molecule has 4 atom stereocenters. The zero-order valence-electron chi connectivity index (χ0n) is 18.8. The number of benzene rings is 2. The molecule has 5 rings (SSSR count). The summed E-state index contributed by atoms with van der Waals surface area (Å²) in [6.45, 7) is 1.95. The molecular weight excluding hydrogens is 455 g/mol. The monoisotopic (exact) mass is 478 g/mol. The molecule has 2 N–H and O–H groups in total. The normalized spacial score (nSPS) is 22.9. The lowest BCUT2D eigenvalue weighted by atomic mass is 10.1. The Morgan fingerprint density at radius 1 is 1.06 bits per heavy atom. The minimum atomic E-state index is -0.661. The molecule has 3 heterocycles. The number of Topliss-reactive ketones (excluding diaryl/α,β-unsaturated/α-hetero) is 1. The molecule has 0 spiro atoms. The van der Waals surface area contributed by atoms with Crippen LogP contribution >= 0.6 is 0 Å². The van der Waals surface area contributed by atoms with Crippen LogP contribution in [0.3, 0.4) is 0 Å². The summed E-state index contributed by atoms with van der Waals surface area (Å²) >= 11 is 0. The molecule has 0 saturated carbocycles. The second-order valence-electron chi connectivity index (χ2n) is 8.33. The molecule has 0 bridgehead atoms.